The fraction of sp³-hybridized carbons (Fsp3) is 0.120. The van der Waals surface area contributed by atoms with E-state index in [0.29, 0.717) is 34.6 Å². The number of carbonyl (C=O) groups is 1. The Balaban J connectivity index is 1.58. The molecule has 1 N–H and O–H groups in total. The van der Waals surface area contributed by atoms with E-state index in [1.807, 2.05) is 54.6 Å². The van der Waals surface area contributed by atoms with Crippen LogP contribution in [0.5, 0.6) is 17.2 Å². The highest BCUT2D eigenvalue weighted by atomic mass is 127. The van der Waals surface area contributed by atoms with Crippen molar-refractivity contribution in [3.63, 3.8) is 0 Å². The molecule has 1 fully saturated rings. The lowest BCUT2D eigenvalue weighted by atomic mass is 10.1. The number of halogens is 1. The van der Waals surface area contributed by atoms with Crippen molar-refractivity contribution >= 4 is 57.6 Å². The number of ether oxygens (including phenoxy) is 3. The van der Waals surface area contributed by atoms with Crippen LogP contribution in [0.1, 0.15) is 11.1 Å². The minimum absolute atomic E-state index is 0.253. The molecule has 0 bridgehead atoms. The standard InChI is InChI=1S/C25H21IN2O4S/c1-30-22-12-7-16(13-17(22)15-32-19-10-8-18(26)9-11-19)14-20-24(29)28(25(33)27-20)21-5-3-4-6-23(21)31-2/h3-14H,15H2,1-2H3,(H,27,33)/b20-14+. The molecule has 8 heteroatoms. The van der Waals surface area contributed by atoms with Gasteiger partial charge in [0.1, 0.15) is 29.6 Å². The predicted octanol–water partition coefficient (Wildman–Crippen LogP) is 5.15. The van der Waals surface area contributed by atoms with Crippen LogP contribution in [0.2, 0.25) is 0 Å². The average Bonchev–Trinajstić information content (AvgIpc) is 3.11. The summed E-state index contributed by atoms with van der Waals surface area (Å²) in [6.45, 7) is 0.327. The van der Waals surface area contributed by atoms with Crippen LogP contribution >= 0.6 is 34.8 Å². The molecule has 33 heavy (non-hydrogen) atoms. The number of methoxy groups -OCH3 is 2. The molecule has 0 aromatic heterocycles. The predicted molar refractivity (Wildman–Crippen MR) is 141 cm³/mol. The van der Waals surface area contributed by atoms with Crippen LogP contribution in [-0.4, -0.2) is 25.2 Å². The molecule has 0 atom stereocenters. The number of nitrogens with one attached hydrogen (secondary N) is 1. The molecule has 0 radical (unpaired) electrons. The summed E-state index contributed by atoms with van der Waals surface area (Å²) in [5.74, 6) is 1.79. The average molecular weight is 572 g/mol. The van der Waals surface area contributed by atoms with Gasteiger partial charge in [0.15, 0.2) is 5.11 Å². The van der Waals surface area contributed by atoms with E-state index < -0.39 is 0 Å². The van der Waals surface area contributed by atoms with Crippen LogP contribution < -0.4 is 24.4 Å². The molecule has 1 aliphatic rings. The topological polar surface area (TPSA) is 60.0 Å². The third kappa shape index (κ3) is 5.12. The van der Waals surface area contributed by atoms with Crippen molar-refractivity contribution in [3.05, 3.63) is 87.1 Å². The maximum absolute atomic E-state index is 13.1. The molecule has 1 saturated heterocycles. The van der Waals surface area contributed by atoms with Gasteiger partial charge in [-0.15, -0.1) is 0 Å². The van der Waals surface area contributed by atoms with Gasteiger partial charge in [0.2, 0.25) is 0 Å². The van der Waals surface area contributed by atoms with Gasteiger partial charge < -0.3 is 19.5 Å². The second-order valence-electron chi connectivity index (χ2n) is 7.11. The van der Waals surface area contributed by atoms with E-state index in [0.717, 1.165) is 20.4 Å². The highest BCUT2D eigenvalue weighted by Gasteiger charge is 2.33. The summed E-state index contributed by atoms with van der Waals surface area (Å²) < 4.78 is 17.9. The van der Waals surface area contributed by atoms with Crippen LogP contribution in [0.4, 0.5) is 5.69 Å². The van der Waals surface area contributed by atoms with Gasteiger partial charge in [0.25, 0.3) is 5.91 Å². The summed E-state index contributed by atoms with van der Waals surface area (Å²) >= 11 is 7.68. The minimum Gasteiger partial charge on any atom is -0.496 e. The van der Waals surface area contributed by atoms with Gasteiger partial charge >= 0.3 is 0 Å². The van der Waals surface area contributed by atoms with Crippen molar-refractivity contribution < 1.29 is 19.0 Å². The van der Waals surface area contributed by atoms with E-state index in [2.05, 4.69) is 27.9 Å². The molecular formula is C25H21IN2O4S. The number of hydrogen-bond donors (Lipinski definition) is 1. The van der Waals surface area contributed by atoms with Gasteiger partial charge in [0, 0.05) is 9.13 Å². The van der Waals surface area contributed by atoms with Crippen LogP contribution in [0.15, 0.2) is 72.4 Å². The zero-order valence-electron chi connectivity index (χ0n) is 18.0. The summed E-state index contributed by atoms with van der Waals surface area (Å²) in [6, 6.07) is 20.7. The molecule has 3 aromatic carbocycles. The van der Waals surface area contributed by atoms with Gasteiger partial charge in [-0.3, -0.25) is 4.79 Å². The number of amides is 1. The van der Waals surface area contributed by atoms with Crippen LogP contribution in [-0.2, 0) is 11.4 Å². The molecule has 0 aliphatic carbocycles. The summed E-state index contributed by atoms with van der Waals surface area (Å²) in [5.41, 5.74) is 2.64. The Bertz CT molecular complexity index is 1230. The Morgan fingerprint density at radius 1 is 1.00 bits per heavy atom. The molecular weight excluding hydrogens is 551 g/mol. The largest absolute Gasteiger partial charge is 0.496 e. The number of anilines is 1. The number of nitrogens with zero attached hydrogens (tertiary/aromatic N) is 1. The van der Waals surface area contributed by atoms with E-state index in [1.54, 1.807) is 32.4 Å². The Morgan fingerprint density at radius 3 is 2.45 bits per heavy atom. The van der Waals surface area contributed by atoms with Crippen LogP contribution in [0, 0.1) is 3.57 Å². The molecule has 0 saturated carbocycles. The molecule has 4 rings (SSSR count). The number of para-hydroxylation sites is 2. The molecule has 0 unspecified atom stereocenters. The van der Waals surface area contributed by atoms with Crippen LogP contribution in [0.25, 0.3) is 6.08 Å². The molecule has 1 amide bonds. The lowest BCUT2D eigenvalue weighted by molar-refractivity contribution is -0.113. The van der Waals surface area contributed by atoms with E-state index in [9.17, 15) is 4.79 Å². The van der Waals surface area contributed by atoms with Gasteiger partial charge in [-0.2, -0.15) is 0 Å². The van der Waals surface area contributed by atoms with Crippen molar-refractivity contribution in [2.24, 2.45) is 0 Å². The first-order valence-corrected chi connectivity index (χ1v) is 11.5. The fourth-order valence-electron chi connectivity index (χ4n) is 3.43. The second kappa shape index (κ2) is 10.2. The monoisotopic (exact) mass is 572 g/mol. The molecule has 168 valence electrons. The fourth-order valence-corrected chi connectivity index (χ4v) is 4.08. The number of benzene rings is 3. The summed E-state index contributed by atoms with van der Waals surface area (Å²) in [6.07, 6.45) is 1.76. The Labute approximate surface area is 211 Å². The van der Waals surface area contributed by atoms with E-state index in [-0.39, 0.29) is 5.91 Å². The smallest absolute Gasteiger partial charge is 0.281 e. The maximum atomic E-state index is 13.1. The normalized spacial score (nSPS) is 14.4. The Morgan fingerprint density at radius 2 is 1.73 bits per heavy atom. The number of carbonyl (C=O) groups excluding carboxylic acids is 1. The highest BCUT2D eigenvalue weighted by molar-refractivity contribution is 14.1. The van der Waals surface area contributed by atoms with Crippen molar-refractivity contribution in [2.45, 2.75) is 6.61 Å². The molecule has 0 spiro atoms. The third-order valence-electron chi connectivity index (χ3n) is 5.03. The van der Waals surface area contributed by atoms with E-state index >= 15 is 0 Å². The third-order valence-corrected chi connectivity index (χ3v) is 6.03. The number of rotatable bonds is 7. The van der Waals surface area contributed by atoms with E-state index in [1.165, 1.54) is 4.90 Å². The summed E-state index contributed by atoms with van der Waals surface area (Å²) in [5, 5.41) is 3.31. The van der Waals surface area contributed by atoms with Crippen LogP contribution in [0.3, 0.4) is 0 Å². The zero-order chi connectivity index (χ0) is 23.4. The Kier molecular flexibility index (Phi) is 7.14. The molecule has 3 aromatic rings. The second-order valence-corrected chi connectivity index (χ2v) is 8.75. The Hall–Kier alpha value is -3.11. The van der Waals surface area contributed by atoms with Gasteiger partial charge in [0.05, 0.1) is 19.9 Å². The number of thiocarbonyl (C=S) groups is 1. The first-order chi connectivity index (χ1) is 16.0. The number of hydrogen-bond acceptors (Lipinski definition) is 5. The van der Waals surface area contributed by atoms with Crippen molar-refractivity contribution in [3.8, 4) is 17.2 Å². The van der Waals surface area contributed by atoms with E-state index in [4.69, 9.17) is 26.4 Å². The SMILES string of the molecule is COc1ccc(/C=C2/NC(=S)N(c3ccccc3OC)C2=O)cc1COc1ccc(I)cc1. The van der Waals surface area contributed by atoms with Gasteiger partial charge in [-0.1, -0.05) is 18.2 Å². The molecule has 1 aliphatic heterocycles. The molecule has 1 heterocycles. The minimum atomic E-state index is -0.253. The first-order valence-electron chi connectivity index (χ1n) is 10.1. The summed E-state index contributed by atoms with van der Waals surface area (Å²) in [7, 11) is 3.18. The van der Waals surface area contributed by atoms with Crippen molar-refractivity contribution in [1.29, 1.82) is 0 Å². The first kappa shape index (κ1) is 23.1. The zero-order valence-corrected chi connectivity index (χ0v) is 21.0. The van der Waals surface area contributed by atoms with Gasteiger partial charge in [-0.25, -0.2) is 4.90 Å². The van der Waals surface area contributed by atoms with Crippen molar-refractivity contribution in [1.82, 2.24) is 5.32 Å². The lowest BCUT2D eigenvalue weighted by Gasteiger charge is -2.17. The van der Waals surface area contributed by atoms with Crippen molar-refractivity contribution in [2.75, 3.05) is 19.1 Å². The van der Waals surface area contributed by atoms with Gasteiger partial charge in [-0.05, 0) is 95.0 Å². The summed E-state index contributed by atoms with van der Waals surface area (Å²) in [4.78, 5) is 14.6. The highest BCUT2D eigenvalue weighted by Crippen LogP contribution is 2.31. The molecule has 6 nitrogen and oxygen atoms in total. The quantitative estimate of drug-likeness (QED) is 0.240. The lowest BCUT2D eigenvalue weighted by Crippen LogP contribution is -2.30. The maximum Gasteiger partial charge on any atom is 0.281 e.